The monoisotopic (exact) mass is 377 g/mol. The van der Waals surface area contributed by atoms with Crippen LogP contribution in [0.4, 0.5) is 0 Å². The zero-order chi connectivity index (χ0) is 18.0. The summed E-state index contributed by atoms with van der Waals surface area (Å²) in [7, 11) is -3.72. The molecule has 2 aromatic carbocycles. The second-order valence-corrected chi connectivity index (χ2v) is 7.77. The normalized spacial score (nSPS) is 12.9. The summed E-state index contributed by atoms with van der Waals surface area (Å²) in [5.41, 5.74) is 1.88. The number of aryl methyl sites for hydroxylation is 1. The Balaban J connectivity index is 1.80. The van der Waals surface area contributed by atoms with Gasteiger partial charge in [0.15, 0.2) is 0 Å². The van der Waals surface area contributed by atoms with Gasteiger partial charge in [0.2, 0.25) is 21.7 Å². The van der Waals surface area contributed by atoms with Gasteiger partial charge in [-0.1, -0.05) is 40.5 Å². The second kappa shape index (κ2) is 6.95. The van der Waals surface area contributed by atoms with Gasteiger partial charge in [-0.25, -0.2) is 8.42 Å². The Kier molecular flexibility index (Phi) is 4.89. The van der Waals surface area contributed by atoms with E-state index in [4.69, 9.17) is 16.1 Å². The SMILES string of the molecule is Cc1cccc(-c2noc([C@H](C)NS(=O)(=O)c3ccc(Cl)cc3)n2)c1. The fraction of sp³-hybridized carbons (Fsp3) is 0.176. The van der Waals surface area contributed by atoms with Crippen LogP contribution in [-0.2, 0) is 10.0 Å². The third-order valence-corrected chi connectivity index (χ3v) is 5.35. The summed E-state index contributed by atoms with van der Waals surface area (Å²) >= 11 is 5.79. The minimum absolute atomic E-state index is 0.113. The summed E-state index contributed by atoms with van der Waals surface area (Å²) in [4.78, 5) is 4.40. The number of benzene rings is 2. The second-order valence-electron chi connectivity index (χ2n) is 5.62. The fourth-order valence-corrected chi connectivity index (χ4v) is 3.60. The highest BCUT2D eigenvalue weighted by molar-refractivity contribution is 7.89. The van der Waals surface area contributed by atoms with Gasteiger partial charge in [0.25, 0.3) is 0 Å². The smallest absolute Gasteiger partial charge is 0.244 e. The molecule has 0 amide bonds. The topological polar surface area (TPSA) is 85.1 Å². The highest BCUT2D eigenvalue weighted by Gasteiger charge is 2.22. The van der Waals surface area contributed by atoms with Crippen molar-refractivity contribution in [3.63, 3.8) is 0 Å². The Bertz CT molecular complexity index is 984. The molecule has 8 heteroatoms. The highest BCUT2D eigenvalue weighted by atomic mass is 35.5. The van der Waals surface area contributed by atoms with Crippen molar-refractivity contribution in [3.05, 3.63) is 65.0 Å². The van der Waals surface area contributed by atoms with E-state index in [2.05, 4.69) is 14.9 Å². The van der Waals surface area contributed by atoms with Crippen molar-refractivity contribution in [3.8, 4) is 11.4 Å². The van der Waals surface area contributed by atoms with E-state index in [1.807, 2.05) is 31.2 Å². The Morgan fingerprint density at radius 1 is 1.16 bits per heavy atom. The first-order valence-corrected chi connectivity index (χ1v) is 9.40. The van der Waals surface area contributed by atoms with Crippen molar-refractivity contribution < 1.29 is 12.9 Å². The van der Waals surface area contributed by atoms with E-state index >= 15 is 0 Å². The average Bonchev–Trinajstić information content (AvgIpc) is 3.05. The molecule has 0 saturated heterocycles. The molecule has 1 N–H and O–H groups in total. The van der Waals surface area contributed by atoms with Crippen LogP contribution in [-0.4, -0.2) is 18.6 Å². The molecule has 0 bridgehead atoms. The summed E-state index contributed by atoms with van der Waals surface area (Å²) in [6, 6.07) is 12.9. The summed E-state index contributed by atoms with van der Waals surface area (Å²) in [6.45, 7) is 3.61. The van der Waals surface area contributed by atoms with Crippen LogP contribution in [0.25, 0.3) is 11.4 Å². The molecule has 6 nitrogen and oxygen atoms in total. The molecule has 0 aliphatic heterocycles. The molecule has 25 heavy (non-hydrogen) atoms. The third kappa shape index (κ3) is 4.07. The number of nitrogens with zero attached hydrogens (tertiary/aromatic N) is 2. The Labute approximate surface area is 150 Å². The lowest BCUT2D eigenvalue weighted by Crippen LogP contribution is -2.27. The summed E-state index contributed by atoms with van der Waals surface area (Å²) in [6.07, 6.45) is 0. The molecule has 3 rings (SSSR count). The number of nitrogens with one attached hydrogen (secondary N) is 1. The van der Waals surface area contributed by atoms with Gasteiger partial charge < -0.3 is 4.52 Å². The van der Waals surface area contributed by atoms with Crippen molar-refractivity contribution in [1.29, 1.82) is 0 Å². The molecule has 0 unspecified atom stereocenters. The molecule has 0 aliphatic carbocycles. The van der Waals surface area contributed by atoms with Crippen LogP contribution in [0.15, 0.2) is 57.9 Å². The van der Waals surface area contributed by atoms with E-state index in [9.17, 15) is 8.42 Å². The van der Waals surface area contributed by atoms with Crippen molar-refractivity contribution in [2.45, 2.75) is 24.8 Å². The molecule has 0 radical (unpaired) electrons. The van der Waals surface area contributed by atoms with Gasteiger partial charge in [0.1, 0.15) is 0 Å². The molecule has 0 aliphatic rings. The zero-order valence-corrected chi connectivity index (χ0v) is 15.2. The molecule has 0 spiro atoms. The molecule has 1 aromatic heterocycles. The molecule has 0 saturated carbocycles. The maximum atomic E-state index is 12.4. The Morgan fingerprint density at radius 2 is 1.88 bits per heavy atom. The van der Waals surface area contributed by atoms with Crippen molar-refractivity contribution in [2.24, 2.45) is 0 Å². The first-order chi connectivity index (χ1) is 11.8. The number of halogens is 1. The average molecular weight is 378 g/mol. The molecule has 1 atom stereocenters. The van der Waals surface area contributed by atoms with Gasteiger partial charge in [-0.2, -0.15) is 9.71 Å². The van der Waals surface area contributed by atoms with Gasteiger partial charge in [-0.05, 0) is 44.2 Å². The Morgan fingerprint density at radius 3 is 2.56 bits per heavy atom. The van der Waals surface area contributed by atoms with E-state index in [-0.39, 0.29) is 10.8 Å². The molecule has 0 fully saturated rings. The predicted octanol–water partition coefficient (Wildman–Crippen LogP) is 3.74. The van der Waals surface area contributed by atoms with Crippen molar-refractivity contribution in [1.82, 2.24) is 14.9 Å². The van der Waals surface area contributed by atoms with E-state index in [0.717, 1.165) is 11.1 Å². The van der Waals surface area contributed by atoms with Gasteiger partial charge in [-0.15, -0.1) is 0 Å². The lowest BCUT2D eigenvalue weighted by atomic mass is 10.1. The number of hydrogen-bond acceptors (Lipinski definition) is 5. The predicted molar refractivity (Wildman–Crippen MR) is 94.7 cm³/mol. The van der Waals surface area contributed by atoms with E-state index < -0.39 is 16.1 Å². The first kappa shape index (κ1) is 17.6. The van der Waals surface area contributed by atoms with Crippen LogP contribution in [0.5, 0.6) is 0 Å². The quantitative estimate of drug-likeness (QED) is 0.732. The standard InChI is InChI=1S/C17H16ClN3O3S/c1-11-4-3-5-13(10-11)16-19-17(24-20-16)12(2)21-25(22,23)15-8-6-14(18)7-9-15/h3-10,12,21H,1-2H3/t12-/m0/s1. The maximum absolute atomic E-state index is 12.4. The maximum Gasteiger partial charge on any atom is 0.244 e. The highest BCUT2D eigenvalue weighted by Crippen LogP contribution is 2.21. The van der Waals surface area contributed by atoms with Crippen LogP contribution < -0.4 is 4.72 Å². The molecule has 130 valence electrons. The van der Waals surface area contributed by atoms with Crippen LogP contribution in [0.2, 0.25) is 5.02 Å². The van der Waals surface area contributed by atoms with E-state index in [1.165, 1.54) is 24.3 Å². The summed E-state index contributed by atoms with van der Waals surface area (Å²) < 4.78 is 32.5. The first-order valence-electron chi connectivity index (χ1n) is 7.54. The van der Waals surface area contributed by atoms with E-state index in [0.29, 0.717) is 10.8 Å². The molecular formula is C17H16ClN3O3S. The van der Waals surface area contributed by atoms with Crippen LogP contribution >= 0.6 is 11.6 Å². The van der Waals surface area contributed by atoms with Crippen LogP contribution in [0, 0.1) is 6.92 Å². The van der Waals surface area contributed by atoms with E-state index in [1.54, 1.807) is 6.92 Å². The molecular weight excluding hydrogens is 362 g/mol. The van der Waals surface area contributed by atoms with Gasteiger partial charge in [0, 0.05) is 10.6 Å². The van der Waals surface area contributed by atoms with Gasteiger partial charge in [-0.3, -0.25) is 0 Å². The van der Waals surface area contributed by atoms with Crippen LogP contribution in [0.3, 0.4) is 0 Å². The summed E-state index contributed by atoms with van der Waals surface area (Å²) in [5.74, 6) is 0.602. The molecule has 1 heterocycles. The van der Waals surface area contributed by atoms with Gasteiger partial charge in [0.05, 0.1) is 10.9 Å². The number of aromatic nitrogens is 2. The fourth-order valence-electron chi connectivity index (χ4n) is 2.28. The lowest BCUT2D eigenvalue weighted by molar-refractivity contribution is 0.354. The third-order valence-electron chi connectivity index (χ3n) is 3.54. The summed E-state index contributed by atoms with van der Waals surface area (Å²) in [5, 5.41) is 4.39. The lowest BCUT2D eigenvalue weighted by Gasteiger charge is -2.10. The number of hydrogen-bond donors (Lipinski definition) is 1. The largest absolute Gasteiger partial charge is 0.337 e. The van der Waals surface area contributed by atoms with Crippen molar-refractivity contribution in [2.75, 3.05) is 0 Å². The minimum Gasteiger partial charge on any atom is -0.337 e. The van der Waals surface area contributed by atoms with Crippen LogP contribution in [0.1, 0.15) is 24.4 Å². The number of rotatable bonds is 5. The van der Waals surface area contributed by atoms with Gasteiger partial charge >= 0.3 is 0 Å². The number of sulfonamides is 1. The zero-order valence-electron chi connectivity index (χ0n) is 13.6. The van der Waals surface area contributed by atoms with Crippen molar-refractivity contribution >= 4 is 21.6 Å². The molecule has 3 aromatic rings. The Hall–Kier alpha value is -2.22. The minimum atomic E-state index is -3.72.